The van der Waals surface area contributed by atoms with Crippen LogP contribution in [0.15, 0.2) is 72.9 Å². The van der Waals surface area contributed by atoms with E-state index in [1.807, 2.05) is 48.5 Å². The minimum atomic E-state index is -1.09. The highest BCUT2D eigenvalue weighted by Crippen LogP contribution is 2.37. The Hall–Kier alpha value is -4.44. The Morgan fingerprint density at radius 2 is 1.78 bits per heavy atom. The Labute approximate surface area is 241 Å². The van der Waals surface area contributed by atoms with Crippen LogP contribution in [0.2, 0.25) is 0 Å². The molecule has 0 spiro atoms. The van der Waals surface area contributed by atoms with Crippen molar-refractivity contribution in [3.05, 3.63) is 83.6 Å². The van der Waals surface area contributed by atoms with Gasteiger partial charge in [-0.25, -0.2) is 9.97 Å². The van der Waals surface area contributed by atoms with Gasteiger partial charge in [-0.2, -0.15) is 4.39 Å². The van der Waals surface area contributed by atoms with Gasteiger partial charge in [0.15, 0.2) is 5.13 Å². The molecule has 1 aliphatic rings. The summed E-state index contributed by atoms with van der Waals surface area (Å²) in [5.74, 6) is -1.72. The number of carbonyl (C=O) groups is 3. The van der Waals surface area contributed by atoms with E-state index < -0.39 is 22.9 Å². The quantitative estimate of drug-likeness (QED) is 0.271. The third-order valence-electron chi connectivity index (χ3n) is 7.13. The van der Waals surface area contributed by atoms with E-state index in [1.54, 1.807) is 29.3 Å². The van der Waals surface area contributed by atoms with Crippen molar-refractivity contribution < 1.29 is 23.9 Å². The molecule has 1 aliphatic heterocycles. The van der Waals surface area contributed by atoms with Crippen LogP contribution in [0, 0.1) is 11.0 Å². The van der Waals surface area contributed by atoms with Gasteiger partial charge in [0.05, 0.1) is 12.3 Å². The van der Waals surface area contributed by atoms with E-state index in [0.29, 0.717) is 29.9 Å². The van der Waals surface area contributed by atoms with Crippen molar-refractivity contribution in [3.63, 3.8) is 0 Å². The van der Waals surface area contributed by atoms with Gasteiger partial charge in [-0.15, -0.1) is 0 Å². The summed E-state index contributed by atoms with van der Waals surface area (Å²) in [6.45, 7) is 0.638. The number of aliphatic carboxylic acids is 1. The molecule has 41 heavy (non-hydrogen) atoms. The Kier molecular flexibility index (Phi) is 8.49. The highest BCUT2D eigenvalue weighted by Gasteiger charge is 2.29. The highest BCUT2D eigenvalue weighted by molar-refractivity contribution is 7.14. The monoisotopic (exact) mass is 572 g/mol. The van der Waals surface area contributed by atoms with Crippen LogP contribution in [-0.4, -0.2) is 46.5 Å². The summed E-state index contributed by atoms with van der Waals surface area (Å²) in [6, 6.07) is 20.0. The fraction of sp³-hybridized carbons (Fsp3) is 0.258. The Balaban J connectivity index is 1.41. The van der Waals surface area contributed by atoms with Crippen LogP contribution in [0.3, 0.4) is 0 Å². The maximum atomic E-state index is 15.4. The number of benzene rings is 2. The molecule has 2 aromatic carbocycles. The molecular weight excluding hydrogens is 543 g/mol. The van der Waals surface area contributed by atoms with Crippen molar-refractivity contribution in [2.75, 3.05) is 23.4 Å². The fourth-order valence-corrected chi connectivity index (χ4v) is 5.80. The van der Waals surface area contributed by atoms with Gasteiger partial charge >= 0.3 is 5.97 Å². The number of anilines is 2. The minimum Gasteiger partial charge on any atom is -0.481 e. The fourth-order valence-electron chi connectivity index (χ4n) is 5.02. The number of hydrogen-bond acceptors (Lipinski definition) is 6. The summed E-state index contributed by atoms with van der Waals surface area (Å²) in [6.07, 6.45) is 3.88. The Morgan fingerprint density at radius 3 is 2.46 bits per heavy atom. The van der Waals surface area contributed by atoms with Gasteiger partial charge < -0.3 is 5.11 Å². The molecule has 0 unspecified atom stereocenters. The number of hydrogen-bond donors (Lipinski definition) is 1. The van der Waals surface area contributed by atoms with Crippen molar-refractivity contribution >= 4 is 40.1 Å². The predicted molar refractivity (Wildman–Crippen MR) is 156 cm³/mol. The lowest BCUT2D eigenvalue weighted by Crippen LogP contribution is -2.35. The first-order valence-corrected chi connectivity index (χ1v) is 14.2. The van der Waals surface area contributed by atoms with Gasteiger partial charge in [-0.3, -0.25) is 24.2 Å². The molecule has 8 nitrogen and oxygen atoms in total. The number of pyridine rings is 1. The molecule has 10 heteroatoms. The second-order valence-corrected chi connectivity index (χ2v) is 10.9. The van der Waals surface area contributed by atoms with Crippen LogP contribution in [0.5, 0.6) is 0 Å². The van der Waals surface area contributed by atoms with Crippen molar-refractivity contribution in [1.29, 1.82) is 0 Å². The van der Waals surface area contributed by atoms with E-state index in [-0.39, 0.29) is 29.6 Å². The largest absolute Gasteiger partial charge is 0.481 e. The average molecular weight is 573 g/mol. The van der Waals surface area contributed by atoms with E-state index in [1.165, 1.54) is 11.9 Å². The maximum absolute atomic E-state index is 15.4. The predicted octanol–water partition coefficient (Wildman–Crippen LogP) is 5.82. The molecule has 1 fully saturated rings. The first-order valence-electron chi connectivity index (χ1n) is 13.4. The molecule has 2 aromatic heterocycles. The lowest BCUT2D eigenvalue weighted by molar-refractivity contribution is -0.140. The Morgan fingerprint density at radius 1 is 1.05 bits per heavy atom. The lowest BCUT2D eigenvalue weighted by atomic mass is 9.95. The molecule has 0 radical (unpaired) electrons. The molecule has 210 valence electrons. The van der Waals surface area contributed by atoms with E-state index in [9.17, 15) is 19.5 Å². The number of carboxylic acid groups (broad SMARTS) is 1. The molecule has 5 rings (SSSR count). The topological polar surface area (TPSA) is 104 Å². The van der Waals surface area contributed by atoms with Crippen LogP contribution in [0.4, 0.5) is 15.3 Å². The molecule has 4 aromatic rings. The summed E-state index contributed by atoms with van der Waals surface area (Å²) in [7, 11) is 1.49. The van der Waals surface area contributed by atoms with Crippen molar-refractivity contribution in [2.45, 2.75) is 32.1 Å². The zero-order valence-corrected chi connectivity index (χ0v) is 23.3. The number of thiazole rings is 1. The number of amides is 2. The van der Waals surface area contributed by atoms with Gasteiger partial charge in [0.2, 0.25) is 16.9 Å². The molecule has 1 N–H and O–H groups in total. The zero-order chi connectivity index (χ0) is 28.9. The molecule has 0 bridgehead atoms. The van der Waals surface area contributed by atoms with Crippen molar-refractivity contribution in [2.24, 2.45) is 5.92 Å². The van der Waals surface area contributed by atoms with Gasteiger partial charge in [-0.1, -0.05) is 65.9 Å². The van der Waals surface area contributed by atoms with Crippen LogP contribution >= 0.6 is 11.3 Å². The average Bonchev–Trinajstić information content (AvgIpc) is 3.38. The number of carbonyl (C=O) groups excluding carboxylic acids is 2. The molecular formula is C31H29FN4O4S. The Bertz CT molecular complexity index is 1560. The summed E-state index contributed by atoms with van der Waals surface area (Å²) >= 11 is 0.734. The molecule has 3 heterocycles. The summed E-state index contributed by atoms with van der Waals surface area (Å²) < 4.78 is 15.4. The maximum Gasteiger partial charge on any atom is 0.304 e. The highest BCUT2D eigenvalue weighted by atomic mass is 32.1. The molecule has 2 amide bonds. The van der Waals surface area contributed by atoms with Crippen molar-refractivity contribution in [3.8, 4) is 22.4 Å². The third kappa shape index (κ3) is 6.33. The van der Waals surface area contributed by atoms with Gasteiger partial charge in [-0.05, 0) is 42.5 Å². The summed E-state index contributed by atoms with van der Waals surface area (Å²) in [5.41, 5.74) is 2.90. The van der Waals surface area contributed by atoms with E-state index in [2.05, 4.69) is 9.97 Å². The number of carboxylic acids is 1. The van der Waals surface area contributed by atoms with E-state index in [0.717, 1.165) is 35.3 Å². The normalized spacial score (nSPS) is 14.1. The van der Waals surface area contributed by atoms with Crippen LogP contribution < -0.4 is 9.80 Å². The number of rotatable bonds is 9. The lowest BCUT2D eigenvalue weighted by Gasteiger charge is -2.25. The molecule has 1 atom stereocenters. The van der Waals surface area contributed by atoms with Gasteiger partial charge in [0.25, 0.3) is 0 Å². The van der Waals surface area contributed by atoms with Crippen LogP contribution in [-0.2, 0) is 20.8 Å². The summed E-state index contributed by atoms with van der Waals surface area (Å²) in [4.78, 5) is 49.1. The first-order chi connectivity index (χ1) is 19.8. The van der Waals surface area contributed by atoms with E-state index >= 15 is 4.39 Å². The van der Waals surface area contributed by atoms with Gasteiger partial charge in [0, 0.05) is 37.3 Å². The SMILES string of the molecule is CN(C(=O)[C@@H](CC(=O)O)Cc1ccccc1)c1nc(-c2ccccc2-c2ccc(N3CCCCC3=O)nc2)c(F)s1. The zero-order valence-electron chi connectivity index (χ0n) is 22.5. The minimum absolute atomic E-state index is 0.0574. The third-order valence-corrected chi connectivity index (χ3v) is 8.05. The second kappa shape index (κ2) is 12.4. The molecule has 0 aliphatic carbocycles. The standard InChI is InChI=1S/C31H29FN4O4S/c1-35(30(40)22(18-27(38)39)17-20-9-3-2-4-10-20)31-34-28(29(32)41-31)24-12-6-5-11-23(24)21-14-15-25(33-19-21)36-16-8-7-13-26(36)37/h2-6,9-12,14-15,19,22H,7-8,13,16-18H2,1H3,(H,38,39)/t22-/m1/s1. The van der Waals surface area contributed by atoms with E-state index in [4.69, 9.17) is 0 Å². The smallest absolute Gasteiger partial charge is 0.304 e. The number of nitrogens with zero attached hydrogens (tertiary/aromatic N) is 4. The van der Waals surface area contributed by atoms with Crippen LogP contribution in [0.25, 0.3) is 22.4 Å². The molecule has 1 saturated heterocycles. The molecule has 0 saturated carbocycles. The van der Waals surface area contributed by atoms with Crippen LogP contribution in [0.1, 0.15) is 31.2 Å². The van der Waals surface area contributed by atoms with Crippen molar-refractivity contribution in [1.82, 2.24) is 9.97 Å². The number of piperidine rings is 1. The number of aromatic nitrogens is 2. The second-order valence-electron chi connectivity index (χ2n) is 9.95. The first kappa shape index (κ1) is 28.1. The van der Waals surface area contributed by atoms with Gasteiger partial charge in [0.1, 0.15) is 11.5 Å². The summed E-state index contributed by atoms with van der Waals surface area (Å²) in [5, 5.41) is 9.01. The number of halogens is 1.